The zero-order valence-electron chi connectivity index (χ0n) is 11.9. The van der Waals surface area contributed by atoms with Gasteiger partial charge in [0.2, 0.25) is 10.0 Å². The monoisotopic (exact) mass is 381 g/mol. The van der Waals surface area contributed by atoms with E-state index in [9.17, 15) is 26.4 Å². The molecule has 0 amide bonds. The summed E-state index contributed by atoms with van der Waals surface area (Å²) < 4.78 is 65.5. The van der Waals surface area contributed by atoms with Crippen molar-refractivity contribution in [2.45, 2.75) is 17.6 Å². The van der Waals surface area contributed by atoms with E-state index in [-0.39, 0.29) is 18.1 Å². The van der Waals surface area contributed by atoms with Crippen LogP contribution in [0.2, 0.25) is 5.02 Å². The number of halogens is 4. The fraction of sp³-hybridized carbons (Fsp3) is 0.231. The number of nitrogens with one attached hydrogen (secondary N) is 1. The molecule has 0 radical (unpaired) electrons. The maximum atomic E-state index is 12.7. The third kappa shape index (κ3) is 4.34. The summed E-state index contributed by atoms with van der Waals surface area (Å²) in [7, 11) is -4.28. The van der Waals surface area contributed by atoms with Gasteiger partial charge in [-0.15, -0.1) is 0 Å². The Morgan fingerprint density at radius 1 is 1.25 bits per heavy atom. The first-order valence-corrected chi connectivity index (χ1v) is 8.36. The Bertz CT molecular complexity index is 897. The lowest BCUT2D eigenvalue weighted by Crippen LogP contribution is -2.31. The Labute approximate surface area is 139 Å². The number of nitrogens with zero attached hydrogens (tertiary/aromatic N) is 2. The second-order valence-electron chi connectivity index (χ2n) is 4.63. The van der Waals surface area contributed by atoms with E-state index in [0.29, 0.717) is 12.1 Å². The van der Waals surface area contributed by atoms with E-state index in [1.807, 2.05) is 0 Å². The molecule has 2 aromatic rings. The van der Waals surface area contributed by atoms with Crippen molar-refractivity contribution in [3.63, 3.8) is 0 Å². The van der Waals surface area contributed by atoms with E-state index < -0.39 is 32.2 Å². The average molecular weight is 382 g/mol. The zero-order valence-corrected chi connectivity index (χ0v) is 13.5. The van der Waals surface area contributed by atoms with Gasteiger partial charge in [-0.05, 0) is 24.3 Å². The fourth-order valence-corrected chi connectivity index (χ4v) is 3.35. The molecule has 0 aliphatic heterocycles. The Morgan fingerprint density at radius 3 is 2.58 bits per heavy atom. The van der Waals surface area contributed by atoms with Crippen molar-refractivity contribution < 1.29 is 21.6 Å². The van der Waals surface area contributed by atoms with Crippen LogP contribution in [0.4, 0.5) is 13.2 Å². The summed E-state index contributed by atoms with van der Waals surface area (Å²) in [6.07, 6.45) is -3.35. The van der Waals surface area contributed by atoms with Gasteiger partial charge in [-0.3, -0.25) is 4.79 Å². The molecule has 0 saturated heterocycles. The van der Waals surface area contributed by atoms with Gasteiger partial charge in [0.1, 0.15) is 4.90 Å². The van der Waals surface area contributed by atoms with Crippen LogP contribution in [0.1, 0.15) is 5.56 Å². The predicted molar refractivity (Wildman–Crippen MR) is 80.1 cm³/mol. The van der Waals surface area contributed by atoms with E-state index in [1.165, 1.54) is 18.3 Å². The van der Waals surface area contributed by atoms with Gasteiger partial charge in [0, 0.05) is 18.8 Å². The SMILES string of the molecule is O=c1cccnn1CCNS(=O)(=O)c1cc(C(F)(F)F)ccc1Cl. The molecule has 0 aliphatic rings. The molecule has 24 heavy (non-hydrogen) atoms. The van der Waals surface area contributed by atoms with Crippen LogP contribution in [0.5, 0.6) is 0 Å². The molecule has 2 rings (SSSR count). The number of benzene rings is 1. The summed E-state index contributed by atoms with van der Waals surface area (Å²) >= 11 is 5.70. The lowest BCUT2D eigenvalue weighted by molar-refractivity contribution is -0.137. The van der Waals surface area contributed by atoms with Crippen molar-refractivity contribution in [3.8, 4) is 0 Å². The van der Waals surface area contributed by atoms with Gasteiger partial charge in [0.05, 0.1) is 17.1 Å². The van der Waals surface area contributed by atoms with Crippen molar-refractivity contribution in [1.82, 2.24) is 14.5 Å². The average Bonchev–Trinajstić information content (AvgIpc) is 2.48. The standard InChI is InChI=1S/C13H11ClF3N3O3S/c14-10-4-3-9(13(15,16)17)8-11(10)24(22,23)19-6-7-20-12(21)2-1-5-18-20/h1-5,8,19H,6-7H2. The van der Waals surface area contributed by atoms with Gasteiger partial charge >= 0.3 is 6.18 Å². The van der Waals surface area contributed by atoms with Crippen LogP contribution < -0.4 is 10.3 Å². The van der Waals surface area contributed by atoms with Gasteiger partial charge in [-0.1, -0.05) is 11.6 Å². The van der Waals surface area contributed by atoms with E-state index >= 15 is 0 Å². The highest BCUT2D eigenvalue weighted by Gasteiger charge is 2.32. The summed E-state index contributed by atoms with van der Waals surface area (Å²) in [5.41, 5.74) is -1.57. The first-order valence-electron chi connectivity index (χ1n) is 6.50. The van der Waals surface area contributed by atoms with Gasteiger partial charge in [-0.25, -0.2) is 17.8 Å². The van der Waals surface area contributed by atoms with E-state index in [2.05, 4.69) is 9.82 Å². The number of hydrogen-bond donors (Lipinski definition) is 1. The van der Waals surface area contributed by atoms with Crippen molar-refractivity contribution in [2.75, 3.05) is 6.54 Å². The molecule has 0 atom stereocenters. The molecule has 1 heterocycles. The minimum absolute atomic E-state index is 0.0878. The third-order valence-corrected chi connectivity index (χ3v) is 4.89. The molecule has 0 saturated carbocycles. The molecule has 11 heteroatoms. The van der Waals surface area contributed by atoms with Crippen LogP contribution in [0.3, 0.4) is 0 Å². The molecule has 0 bridgehead atoms. The lowest BCUT2D eigenvalue weighted by Gasteiger charge is -2.12. The second-order valence-corrected chi connectivity index (χ2v) is 6.77. The fourth-order valence-electron chi connectivity index (χ4n) is 1.80. The largest absolute Gasteiger partial charge is 0.416 e. The third-order valence-electron chi connectivity index (χ3n) is 2.95. The maximum Gasteiger partial charge on any atom is 0.416 e. The van der Waals surface area contributed by atoms with Crippen molar-refractivity contribution in [3.05, 3.63) is 57.5 Å². The van der Waals surface area contributed by atoms with Gasteiger partial charge in [0.25, 0.3) is 5.56 Å². The normalized spacial score (nSPS) is 12.3. The molecule has 6 nitrogen and oxygen atoms in total. The van der Waals surface area contributed by atoms with Crippen molar-refractivity contribution >= 4 is 21.6 Å². The Balaban J connectivity index is 2.19. The molecular formula is C13H11ClF3N3O3S. The minimum atomic E-state index is -4.70. The Hall–Kier alpha value is -1.91. The summed E-state index contributed by atoms with van der Waals surface area (Å²) in [6, 6.07) is 4.67. The van der Waals surface area contributed by atoms with Crippen LogP contribution in [0, 0.1) is 0 Å². The molecule has 0 spiro atoms. The molecule has 0 aliphatic carbocycles. The van der Waals surface area contributed by atoms with Crippen LogP contribution >= 0.6 is 11.6 Å². The molecular weight excluding hydrogens is 371 g/mol. The summed E-state index contributed by atoms with van der Waals surface area (Å²) in [5.74, 6) is 0. The van der Waals surface area contributed by atoms with Crippen molar-refractivity contribution in [1.29, 1.82) is 0 Å². The predicted octanol–water partition coefficient (Wildman–Crippen LogP) is 1.89. The number of hydrogen-bond acceptors (Lipinski definition) is 4. The highest BCUT2D eigenvalue weighted by Crippen LogP contribution is 2.33. The topological polar surface area (TPSA) is 81.1 Å². The van der Waals surface area contributed by atoms with E-state index in [1.54, 1.807) is 0 Å². The van der Waals surface area contributed by atoms with Crippen LogP contribution in [-0.4, -0.2) is 24.7 Å². The number of rotatable bonds is 5. The van der Waals surface area contributed by atoms with Gasteiger partial charge in [0.15, 0.2) is 0 Å². The molecule has 130 valence electrons. The molecule has 1 aromatic carbocycles. The first kappa shape index (κ1) is 18.4. The molecule has 1 N–H and O–H groups in total. The summed E-state index contributed by atoms with van der Waals surface area (Å²) in [4.78, 5) is 10.7. The van der Waals surface area contributed by atoms with E-state index in [0.717, 1.165) is 10.7 Å². The zero-order chi connectivity index (χ0) is 18.0. The van der Waals surface area contributed by atoms with Crippen LogP contribution in [0.15, 0.2) is 46.2 Å². The summed E-state index contributed by atoms with van der Waals surface area (Å²) in [5, 5.41) is 3.39. The second kappa shape index (κ2) is 6.91. The quantitative estimate of drug-likeness (QED) is 0.857. The van der Waals surface area contributed by atoms with Gasteiger partial charge < -0.3 is 0 Å². The highest BCUT2D eigenvalue weighted by molar-refractivity contribution is 7.89. The summed E-state index contributed by atoms with van der Waals surface area (Å²) in [6.45, 7) is -0.332. The van der Waals surface area contributed by atoms with Gasteiger partial charge in [-0.2, -0.15) is 18.3 Å². The minimum Gasteiger partial charge on any atom is -0.268 e. The molecule has 0 unspecified atom stereocenters. The highest BCUT2D eigenvalue weighted by atomic mass is 35.5. The maximum absolute atomic E-state index is 12.7. The molecule has 0 fully saturated rings. The van der Waals surface area contributed by atoms with Crippen molar-refractivity contribution in [2.24, 2.45) is 0 Å². The van der Waals surface area contributed by atoms with E-state index in [4.69, 9.17) is 11.6 Å². The van der Waals surface area contributed by atoms with Crippen LogP contribution in [-0.2, 0) is 22.7 Å². The number of alkyl halides is 3. The Kier molecular flexibility index (Phi) is 5.31. The lowest BCUT2D eigenvalue weighted by atomic mass is 10.2. The first-order chi connectivity index (χ1) is 11.1. The number of aromatic nitrogens is 2. The Morgan fingerprint density at radius 2 is 1.96 bits per heavy atom. The molecule has 1 aromatic heterocycles. The van der Waals surface area contributed by atoms with Crippen LogP contribution in [0.25, 0.3) is 0 Å². The smallest absolute Gasteiger partial charge is 0.268 e. The number of sulfonamides is 1.